The van der Waals surface area contributed by atoms with Crippen molar-refractivity contribution in [3.63, 3.8) is 0 Å². The van der Waals surface area contributed by atoms with Gasteiger partial charge in [-0.1, -0.05) is 26.8 Å². The molecule has 2 rings (SSSR count). The monoisotopic (exact) mass is 253 g/mol. The van der Waals surface area contributed by atoms with Crippen molar-refractivity contribution in [2.24, 2.45) is 0 Å². The molecule has 0 atom stereocenters. The summed E-state index contributed by atoms with van der Waals surface area (Å²) in [7, 11) is 0. The average molecular weight is 254 g/mol. The van der Waals surface area contributed by atoms with Crippen LogP contribution in [0.3, 0.4) is 0 Å². The highest BCUT2D eigenvalue weighted by atomic mass is 79.9. The van der Waals surface area contributed by atoms with Crippen LogP contribution in [0.25, 0.3) is 11.1 Å². The highest BCUT2D eigenvalue weighted by Gasteiger charge is 2.21. The van der Waals surface area contributed by atoms with E-state index in [1.165, 1.54) is 0 Å². The molecule has 0 spiro atoms. The molecule has 14 heavy (non-hydrogen) atoms. The van der Waals surface area contributed by atoms with Crippen LogP contribution in [0.15, 0.2) is 27.1 Å². The van der Waals surface area contributed by atoms with E-state index in [4.69, 9.17) is 4.42 Å². The number of benzene rings is 1. The van der Waals surface area contributed by atoms with Gasteiger partial charge in [-0.05, 0) is 28.1 Å². The molecule has 1 aromatic heterocycles. The molecule has 0 aliphatic carbocycles. The molecule has 0 saturated carbocycles. The quantitative estimate of drug-likeness (QED) is 0.712. The van der Waals surface area contributed by atoms with Crippen molar-refractivity contribution in [1.82, 2.24) is 4.98 Å². The standard InChI is InChI=1S/C11H12BrNO/c1-11(2,3)10-13-9-7(12)5-4-6-8(9)14-10/h4-6H,1-3H3. The minimum absolute atomic E-state index is 0.0432. The fraction of sp³-hybridized carbons (Fsp3) is 0.364. The number of fused-ring (bicyclic) bond motifs is 1. The predicted octanol–water partition coefficient (Wildman–Crippen LogP) is 3.89. The average Bonchev–Trinajstić information content (AvgIpc) is 2.48. The maximum absolute atomic E-state index is 5.67. The summed E-state index contributed by atoms with van der Waals surface area (Å²) >= 11 is 3.45. The third-order valence-corrected chi connectivity index (χ3v) is 2.65. The van der Waals surface area contributed by atoms with Gasteiger partial charge in [-0.3, -0.25) is 0 Å². The van der Waals surface area contributed by atoms with Gasteiger partial charge in [0.05, 0.1) is 0 Å². The van der Waals surface area contributed by atoms with Gasteiger partial charge in [0.1, 0.15) is 5.52 Å². The molecule has 0 N–H and O–H groups in total. The maximum Gasteiger partial charge on any atom is 0.200 e. The van der Waals surface area contributed by atoms with E-state index in [-0.39, 0.29) is 5.41 Å². The number of rotatable bonds is 0. The van der Waals surface area contributed by atoms with E-state index in [1.54, 1.807) is 0 Å². The van der Waals surface area contributed by atoms with Crippen molar-refractivity contribution in [1.29, 1.82) is 0 Å². The van der Waals surface area contributed by atoms with Crippen LogP contribution in [0.2, 0.25) is 0 Å². The number of hydrogen-bond donors (Lipinski definition) is 0. The molecule has 0 fully saturated rings. The van der Waals surface area contributed by atoms with Gasteiger partial charge >= 0.3 is 0 Å². The number of halogens is 1. The van der Waals surface area contributed by atoms with E-state index in [9.17, 15) is 0 Å². The van der Waals surface area contributed by atoms with E-state index in [2.05, 4.69) is 41.7 Å². The third-order valence-electron chi connectivity index (χ3n) is 2.01. The predicted molar refractivity (Wildman–Crippen MR) is 60.4 cm³/mol. The Morgan fingerprint density at radius 3 is 2.57 bits per heavy atom. The third kappa shape index (κ3) is 1.57. The van der Waals surface area contributed by atoms with E-state index in [0.29, 0.717) is 0 Å². The summed E-state index contributed by atoms with van der Waals surface area (Å²) in [4.78, 5) is 4.47. The first-order valence-corrected chi connectivity index (χ1v) is 5.33. The topological polar surface area (TPSA) is 26.0 Å². The molecular formula is C11H12BrNO. The Labute approximate surface area is 91.5 Å². The molecule has 3 heteroatoms. The molecule has 2 nitrogen and oxygen atoms in total. The van der Waals surface area contributed by atoms with Gasteiger partial charge in [0.2, 0.25) is 5.89 Å². The molecule has 0 saturated heterocycles. The van der Waals surface area contributed by atoms with Crippen LogP contribution in [0, 0.1) is 0 Å². The second-order valence-corrected chi connectivity index (χ2v) is 5.21. The fourth-order valence-corrected chi connectivity index (χ4v) is 1.67. The van der Waals surface area contributed by atoms with Crippen LogP contribution in [0.4, 0.5) is 0 Å². The summed E-state index contributed by atoms with van der Waals surface area (Å²) in [6.45, 7) is 6.27. The molecule has 74 valence electrons. The lowest BCUT2D eigenvalue weighted by atomic mass is 9.97. The Morgan fingerprint density at radius 2 is 2.00 bits per heavy atom. The lowest BCUT2D eigenvalue weighted by Crippen LogP contribution is -2.10. The number of aromatic nitrogens is 1. The summed E-state index contributed by atoms with van der Waals surface area (Å²) in [5, 5.41) is 0. The Balaban J connectivity index is 2.69. The lowest BCUT2D eigenvalue weighted by Gasteiger charge is -2.11. The Morgan fingerprint density at radius 1 is 1.29 bits per heavy atom. The first kappa shape index (κ1) is 9.71. The van der Waals surface area contributed by atoms with Gasteiger partial charge in [0.15, 0.2) is 5.58 Å². The van der Waals surface area contributed by atoms with Gasteiger partial charge in [0, 0.05) is 9.89 Å². The van der Waals surface area contributed by atoms with Gasteiger partial charge in [-0.15, -0.1) is 0 Å². The largest absolute Gasteiger partial charge is 0.440 e. The Bertz CT molecular complexity index is 468. The number of hydrogen-bond acceptors (Lipinski definition) is 2. The van der Waals surface area contributed by atoms with Gasteiger partial charge in [-0.25, -0.2) is 4.98 Å². The normalized spacial score (nSPS) is 12.3. The Kier molecular flexibility index (Phi) is 2.14. The van der Waals surface area contributed by atoms with Crippen molar-refractivity contribution < 1.29 is 4.42 Å². The summed E-state index contributed by atoms with van der Waals surface area (Å²) in [5.74, 6) is 0.777. The van der Waals surface area contributed by atoms with E-state index in [1.807, 2.05) is 18.2 Å². The Hall–Kier alpha value is -0.830. The minimum atomic E-state index is -0.0432. The van der Waals surface area contributed by atoms with Crippen molar-refractivity contribution in [3.8, 4) is 0 Å². The summed E-state index contributed by atoms with van der Waals surface area (Å²) in [5.41, 5.74) is 1.69. The fourth-order valence-electron chi connectivity index (χ4n) is 1.24. The maximum atomic E-state index is 5.67. The first-order chi connectivity index (χ1) is 6.48. The van der Waals surface area contributed by atoms with Crippen molar-refractivity contribution >= 4 is 27.0 Å². The molecular weight excluding hydrogens is 242 g/mol. The molecule has 0 bridgehead atoms. The van der Waals surface area contributed by atoms with E-state index < -0.39 is 0 Å². The van der Waals surface area contributed by atoms with E-state index in [0.717, 1.165) is 21.5 Å². The zero-order valence-electron chi connectivity index (χ0n) is 8.47. The SMILES string of the molecule is CC(C)(C)c1nc2c(Br)cccc2o1. The lowest BCUT2D eigenvalue weighted by molar-refractivity contribution is 0.411. The van der Waals surface area contributed by atoms with Crippen LogP contribution < -0.4 is 0 Å². The minimum Gasteiger partial charge on any atom is -0.440 e. The van der Waals surface area contributed by atoms with E-state index >= 15 is 0 Å². The summed E-state index contributed by atoms with van der Waals surface area (Å²) in [6.07, 6.45) is 0. The molecule has 2 aromatic rings. The second-order valence-electron chi connectivity index (χ2n) is 4.36. The number of para-hydroxylation sites is 1. The van der Waals surface area contributed by atoms with Gasteiger partial charge in [0.25, 0.3) is 0 Å². The molecule has 1 aromatic carbocycles. The summed E-state index contributed by atoms with van der Waals surface area (Å²) < 4.78 is 6.65. The second kappa shape index (κ2) is 3.09. The van der Waals surface area contributed by atoms with Crippen molar-refractivity contribution in [2.75, 3.05) is 0 Å². The zero-order chi connectivity index (χ0) is 10.3. The molecule has 0 unspecified atom stereocenters. The number of oxazole rings is 1. The van der Waals surface area contributed by atoms with Crippen molar-refractivity contribution in [3.05, 3.63) is 28.6 Å². The molecule has 0 radical (unpaired) electrons. The van der Waals surface area contributed by atoms with Crippen LogP contribution in [0.5, 0.6) is 0 Å². The number of nitrogens with zero attached hydrogens (tertiary/aromatic N) is 1. The summed E-state index contributed by atoms with van der Waals surface area (Å²) in [6, 6.07) is 5.85. The van der Waals surface area contributed by atoms with Gasteiger partial charge in [-0.2, -0.15) is 0 Å². The van der Waals surface area contributed by atoms with Crippen LogP contribution in [0.1, 0.15) is 26.7 Å². The highest BCUT2D eigenvalue weighted by molar-refractivity contribution is 9.10. The van der Waals surface area contributed by atoms with Crippen LogP contribution in [-0.2, 0) is 5.41 Å². The van der Waals surface area contributed by atoms with Crippen molar-refractivity contribution in [2.45, 2.75) is 26.2 Å². The van der Waals surface area contributed by atoms with Crippen LogP contribution >= 0.6 is 15.9 Å². The smallest absolute Gasteiger partial charge is 0.200 e. The first-order valence-electron chi connectivity index (χ1n) is 4.54. The van der Waals surface area contributed by atoms with Crippen LogP contribution in [-0.4, -0.2) is 4.98 Å². The zero-order valence-corrected chi connectivity index (χ0v) is 10.1. The van der Waals surface area contributed by atoms with Gasteiger partial charge < -0.3 is 4.42 Å². The molecule has 1 heterocycles. The molecule has 0 aliphatic rings. The highest BCUT2D eigenvalue weighted by Crippen LogP contribution is 2.29. The molecule has 0 amide bonds. The molecule has 0 aliphatic heterocycles.